The average molecular weight is 232 g/mol. The lowest BCUT2D eigenvalue weighted by atomic mass is 10.2. The lowest BCUT2D eigenvalue weighted by Crippen LogP contribution is -2.49. The molecular weight excluding hydrogens is 212 g/mol. The molecular formula is C14H20N2O. The Hall–Kier alpha value is -1.35. The van der Waals surface area contributed by atoms with Crippen molar-refractivity contribution in [2.75, 3.05) is 31.1 Å². The number of rotatable bonds is 2. The van der Waals surface area contributed by atoms with Crippen molar-refractivity contribution in [2.45, 2.75) is 19.9 Å². The molecule has 1 heterocycles. The topological polar surface area (TPSA) is 23.6 Å². The summed E-state index contributed by atoms with van der Waals surface area (Å²) >= 11 is 0. The average Bonchev–Trinajstić information content (AvgIpc) is 2.54. The number of anilines is 1. The molecule has 0 unspecified atom stereocenters. The van der Waals surface area contributed by atoms with Crippen LogP contribution in [0.1, 0.15) is 13.8 Å². The Morgan fingerprint density at radius 2 is 1.65 bits per heavy atom. The van der Waals surface area contributed by atoms with E-state index in [4.69, 9.17) is 0 Å². The summed E-state index contributed by atoms with van der Waals surface area (Å²) in [6, 6.07) is 9.80. The molecule has 3 heteroatoms. The van der Waals surface area contributed by atoms with Crippen LogP contribution in [0.3, 0.4) is 0 Å². The van der Waals surface area contributed by atoms with Crippen LogP contribution in [-0.2, 0) is 0 Å². The quantitative estimate of drug-likeness (QED) is 0.773. The molecule has 0 radical (unpaired) electrons. The second-order valence-electron chi connectivity index (χ2n) is 4.78. The van der Waals surface area contributed by atoms with E-state index in [0.29, 0.717) is 6.04 Å². The fourth-order valence-corrected chi connectivity index (χ4v) is 2.26. The van der Waals surface area contributed by atoms with Crippen LogP contribution in [0.25, 0.3) is 0 Å². The van der Waals surface area contributed by atoms with Crippen LogP contribution in [-0.4, -0.2) is 37.1 Å². The van der Waals surface area contributed by atoms with Gasteiger partial charge in [0.25, 0.3) is 0 Å². The smallest absolute Gasteiger partial charge is 0.201 e. The monoisotopic (exact) mass is 232 g/mol. The number of hydrogen-bond donors (Lipinski definition) is 0. The molecule has 0 bridgehead atoms. The molecule has 0 saturated carbocycles. The predicted octanol–water partition coefficient (Wildman–Crippen LogP) is 1.58. The van der Waals surface area contributed by atoms with Crippen molar-refractivity contribution in [3.05, 3.63) is 40.6 Å². The first kappa shape index (κ1) is 12.1. The van der Waals surface area contributed by atoms with Gasteiger partial charge in [0, 0.05) is 32.2 Å². The van der Waals surface area contributed by atoms with E-state index < -0.39 is 0 Å². The molecule has 0 N–H and O–H groups in total. The molecule has 0 aromatic heterocycles. The molecule has 1 aromatic carbocycles. The maximum atomic E-state index is 11.9. The summed E-state index contributed by atoms with van der Waals surface area (Å²) < 4.78 is 0. The van der Waals surface area contributed by atoms with Gasteiger partial charge in [-0.25, -0.2) is 0 Å². The molecule has 0 spiro atoms. The zero-order chi connectivity index (χ0) is 12.3. The highest BCUT2D eigenvalue weighted by Crippen LogP contribution is 2.12. The van der Waals surface area contributed by atoms with Crippen LogP contribution < -0.4 is 10.3 Å². The Balaban J connectivity index is 2.11. The molecule has 0 amide bonds. The molecule has 0 aliphatic carbocycles. The SMILES string of the molecule is CC(C)N1CCN(c2cccccc2=O)CC1. The Bertz CT molecular complexity index is 423. The third kappa shape index (κ3) is 2.86. The Labute approximate surface area is 103 Å². The summed E-state index contributed by atoms with van der Waals surface area (Å²) in [5.74, 6) is 0. The van der Waals surface area contributed by atoms with Gasteiger partial charge in [-0.2, -0.15) is 0 Å². The maximum Gasteiger partial charge on any atom is 0.201 e. The standard InChI is InChI=1S/C14H20N2O/c1-12(2)15-8-10-16(11-9-15)13-6-4-3-5-7-14(13)17/h3-7,12H,8-11H2,1-2H3. The van der Waals surface area contributed by atoms with E-state index in [0.717, 1.165) is 31.9 Å². The highest BCUT2D eigenvalue weighted by Gasteiger charge is 2.19. The highest BCUT2D eigenvalue weighted by atomic mass is 16.1. The van der Waals surface area contributed by atoms with E-state index in [1.807, 2.05) is 18.2 Å². The molecule has 1 aliphatic heterocycles. The molecule has 2 rings (SSSR count). The first-order chi connectivity index (χ1) is 8.18. The van der Waals surface area contributed by atoms with Crippen LogP contribution in [0.2, 0.25) is 0 Å². The first-order valence-electron chi connectivity index (χ1n) is 6.27. The number of hydrogen-bond acceptors (Lipinski definition) is 3. The fourth-order valence-electron chi connectivity index (χ4n) is 2.26. The van der Waals surface area contributed by atoms with Crippen molar-refractivity contribution < 1.29 is 0 Å². The van der Waals surface area contributed by atoms with Crippen molar-refractivity contribution in [3.8, 4) is 0 Å². The highest BCUT2D eigenvalue weighted by molar-refractivity contribution is 5.45. The molecule has 0 atom stereocenters. The summed E-state index contributed by atoms with van der Waals surface area (Å²) in [5.41, 5.74) is 0.950. The lowest BCUT2D eigenvalue weighted by molar-refractivity contribution is 0.209. The van der Waals surface area contributed by atoms with Crippen LogP contribution in [0.4, 0.5) is 5.69 Å². The Morgan fingerprint density at radius 3 is 2.29 bits per heavy atom. The van der Waals surface area contributed by atoms with Gasteiger partial charge in [-0.1, -0.05) is 18.2 Å². The van der Waals surface area contributed by atoms with Gasteiger partial charge >= 0.3 is 0 Å². The molecule has 17 heavy (non-hydrogen) atoms. The van der Waals surface area contributed by atoms with E-state index in [2.05, 4.69) is 23.6 Å². The largest absolute Gasteiger partial charge is 0.366 e. The van der Waals surface area contributed by atoms with Crippen molar-refractivity contribution in [1.82, 2.24) is 4.90 Å². The fraction of sp³-hybridized carbons (Fsp3) is 0.500. The minimum absolute atomic E-state index is 0.119. The van der Waals surface area contributed by atoms with Gasteiger partial charge in [0.2, 0.25) is 5.43 Å². The van der Waals surface area contributed by atoms with E-state index in [-0.39, 0.29) is 5.43 Å². The zero-order valence-electron chi connectivity index (χ0n) is 10.6. The molecule has 1 aliphatic rings. The van der Waals surface area contributed by atoms with E-state index in [1.165, 1.54) is 0 Å². The molecule has 1 fully saturated rings. The van der Waals surface area contributed by atoms with Gasteiger partial charge < -0.3 is 4.90 Å². The molecule has 1 saturated heterocycles. The van der Waals surface area contributed by atoms with Crippen LogP contribution >= 0.6 is 0 Å². The van der Waals surface area contributed by atoms with Gasteiger partial charge in [0.1, 0.15) is 0 Å². The normalized spacial score (nSPS) is 17.5. The lowest BCUT2D eigenvalue weighted by Gasteiger charge is -2.37. The summed E-state index contributed by atoms with van der Waals surface area (Å²) in [5, 5.41) is 0. The summed E-state index contributed by atoms with van der Waals surface area (Å²) in [6.45, 7) is 8.40. The molecule has 3 nitrogen and oxygen atoms in total. The van der Waals surface area contributed by atoms with Crippen molar-refractivity contribution in [1.29, 1.82) is 0 Å². The van der Waals surface area contributed by atoms with Gasteiger partial charge in [-0.05, 0) is 26.0 Å². The molecule has 1 aromatic rings. The zero-order valence-corrected chi connectivity index (χ0v) is 10.6. The summed E-state index contributed by atoms with van der Waals surface area (Å²) in [7, 11) is 0. The first-order valence-corrected chi connectivity index (χ1v) is 6.27. The van der Waals surface area contributed by atoms with E-state index in [9.17, 15) is 4.79 Å². The number of piperazine rings is 1. The van der Waals surface area contributed by atoms with Gasteiger partial charge in [0.05, 0.1) is 5.69 Å². The molecule has 92 valence electrons. The number of nitrogens with zero attached hydrogens (tertiary/aromatic N) is 2. The van der Waals surface area contributed by atoms with Crippen LogP contribution in [0, 0.1) is 0 Å². The maximum absolute atomic E-state index is 11.9. The second-order valence-corrected chi connectivity index (χ2v) is 4.78. The van der Waals surface area contributed by atoms with Crippen molar-refractivity contribution >= 4 is 5.69 Å². The summed E-state index contributed by atoms with van der Waals surface area (Å²) in [4.78, 5) is 16.5. The van der Waals surface area contributed by atoms with Crippen LogP contribution in [0.15, 0.2) is 35.1 Å². The van der Waals surface area contributed by atoms with Gasteiger partial charge in [-0.15, -0.1) is 0 Å². The minimum atomic E-state index is 0.119. The van der Waals surface area contributed by atoms with Crippen molar-refractivity contribution in [2.24, 2.45) is 0 Å². The van der Waals surface area contributed by atoms with Gasteiger partial charge in [-0.3, -0.25) is 9.69 Å². The third-order valence-electron chi connectivity index (χ3n) is 3.36. The predicted molar refractivity (Wildman–Crippen MR) is 71.6 cm³/mol. The van der Waals surface area contributed by atoms with Gasteiger partial charge in [0.15, 0.2) is 0 Å². The van der Waals surface area contributed by atoms with Crippen LogP contribution in [0.5, 0.6) is 0 Å². The Kier molecular flexibility index (Phi) is 3.79. The van der Waals surface area contributed by atoms with E-state index >= 15 is 0 Å². The summed E-state index contributed by atoms with van der Waals surface area (Å²) in [6.07, 6.45) is 0. The second kappa shape index (κ2) is 5.32. The van der Waals surface area contributed by atoms with E-state index in [1.54, 1.807) is 12.1 Å². The van der Waals surface area contributed by atoms with Crippen molar-refractivity contribution in [3.63, 3.8) is 0 Å². The third-order valence-corrected chi connectivity index (χ3v) is 3.36. The Morgan fingerprint density at radius 1 is 1.00 bits per heavy atom. The minimum Gasteiger partial charge on any atom is -0.366 e.